The van der Waals surface area contributed by atoms with Crippen molar-refractivity contribution >= 4 is 29.2 Å². The molecule has 1 N–H and O–H groups in total. The van der Waals surface area contributed by atoms with Crippen molar-refractivity contribution in [2.75, 3.05) is 20.2 Å². The number of ether oxygens (including phenoxy) is 1. The Bertz CT molecular complexity index is 842. The van der Waals surface area contributed by atoms with E-state index in [0.717, 1.165) is 5.56 Å². The number of nitrogens with one attached hydrogen (secondary N) is 1. The fourth-order valence-corrected chi connectivity index (χ4v) is 3.13. The monoisotopic (exact) mass is 378 g/mol. The van der Waals surface area contributed by atoms with Gasteiger partial charge >= 0.3 is 0 Å². The van der Waals surface area contributed by atoms with E-state index >= 15 is 0 Å². The highest BCUT2D eigenvalue weighted by Gasteiger charge is 2.41. The molecule has 8 nitrogen and oxygen atoms in total. The molecule has 1 amide bonds. The first-order valence-corrected chi connectivity index (χ1v) is 8.41. The summed E-state index contributed by atoms with van der Waals surface area (Å²) in [5.74, 6) is 0.881. The Balaban J connectivity index is 1.72. The van der Waals surface area contributed by atoms with Crippen LogP contribution in [0.2, 0.25) is 5.02 Å². The van der Waals surface area contributed by atoms with E-state index in [0.29, 0.717) is 23.2 Å². The normalized spacial score (nSPS) is 22.3. The second-order valence-electron chi connectivity index (χ2n) is 5.97. The molecule has 4 rings (SSSR count). The van der Waals surface area contributed by atoms with Gasteiger partial charge in [0.2, 0.25) is 0 Å². The van der Waals surface area contributed by atoms with Crippen LogP contribution < -0.4 is 10.1 Å². The third kappa shape index (κ3) is 2.84. The SMILES string of the molecule is CN1Cc2c(Cl)cccc2OCCNC(=O)C2N(F)N=C3C=CC1=NN32. The van der Waals surface area contributed by atoms with E-state index in [-0.39, 0.29) is 24.2 Å². The largest absolute Gasteiger partial charge is 0.491 e. The van der Waals surface area contributed by atoms with Gasteiger partial charge in [0, 0.05) is 24.2 Å². The summed E-state index contributed by atoms with van der Waals surface area (Å²) < 4.78 is 19.9. The van der Waals surface area contributed by atoms with Crippen molar-refractivity contribution in [1.82, 2.24) is 20.5 Å². The predicted octanol–water partition coefficient (Wildman–Crippen LogP) is 1.31. The topological polar surface area (TPSA) is 72.8 Å². The molecule has 3 aliphatic rings. The molecule has 1 aromatic rings. The zero-order valence-corrected chi connectivity index (χ0v) is 14.6. The lowest BCUT2D eigenvalue weighted by Crippen LogP contribution is -2.50. The van der Waals surface area contributed by atoms with E-state index < -0.39 is 12.1 Å². The van der Waals surface area contributed by atoms with Gasteiger partial charge in [-0.05, 0) is 24.3 Å². The summed E-state index contributed by atoms with van der Waals surface area (Å²) in [6, 6.07) is 5.41. The number of benzene rings is 1. The van der Waals surface area contributed by atoms with Gasteiger partial charge in [0.15, 0.2) is 5.84 Å². The highest BCUT2D eigenvalue weighted by molar-refractivity contribution is 6.31. The first kappa shape index (κ1) is 16.6. The molecule has 26 heavy (non-hydrogen) atoms. The number of carbonyl (C=O) groups excluding carboxylic acids is 1. The number of hydrogen-bond donors (Lipinski definition) is 1. The molecular weight excluding hydrogens is 363 g/mol. The second-order valence-corrected chi connectivity index (χ2v) is 6.38. The van der Waals surface area contributed by atoms with E-state index in [2.05, 4.69) is 15.5 Å². The van der Waals surface area contributed by atoms with Crippen molar-refractivity contribution in [3.05, 3.63) is 40.9 Å². The molecule has 1 unspecified atom stereocenters. The number of hydrogen-bond acceptors (Lipinski definition) is 7. The Morgan fingerprint density at radius 1 is 1.31 bits per heavy atom. The first-order valence-electron chi connectivity index (χ1n) is 8.03. The van der Waals surface area contributed by atoms with Crippen LogP contribution in [-0.4, -0.2) is 59.1 Å². The maximum atomic E-state index is 14.1. The number of amidine groups is 2. The van der Waals surface area contributed by atoms with Crippen LogP contribution in [0.3, 0.4) is 0 Å². The summed E-state index contributed by atoms with van der Waals surface area (Å²) in [5, 5.41) is 12.7. The molecule has 0 saturated heterocycles. The number of hydrazone groups is 2. The van der Waals surface area contributed by atoms with Crippen molar-refractivity contribution in [2.24, 2.45) is 10.2 Å². The minimum absolute atomic E-state index is 0.105. The number of likely N-dealkylation sites (N-methyl/N-ethyl adjacent to an activating group) is 1. The quantitative estimate of drug-likeness (QED) is 0.689. The molecule has 1 atom stereocenters. The van der Waals surface area contributed by atoms with Crippen molar-refractivity contribution in [3.63, 3.8) is 0 Å². The van der Waals surface area contributed by atoms with Crippen LogP contribution in [0, 0.1) is 0 Å². The number of halogens is 2. The van der Waals surface area contributed by atoms with E-state index in [4.69, 9.17) is 16.3 Å². The number of fused-ring (bicyclic) bond motifs is 1. The Labute approximate surface area is 154 Å². The molecule has 3 aliphatic heterocycles. The Morgan fingerprint density at radius 3 is 2.96 bits per heavy atom. The smallest absolute Gasteiger partial charge is 0.270 e. The summed E-state index contributed by atoms with van der Waals surface area (Å²) in [7, 11) is 1.83. The average Bonchev–Trinajstić information content (AvgIpc) is 2.95. The van der Waals surface area contributed by atoms with E-state index in [1.54, 1.807) is 24.3 Å². The van der Waals surface area contributed by atoms with Gasteiger partial charge in [-0.25, -0.2) is 5.01 Å². The lowest BCUT2D eigenvalue weighted by atomic mass is 10.2. The minimum atomic E-state index is -1.29. The number of amides is 1. The summed E-state index contributed by atoms with van der Waals surface area (Å²) in [5.41, 5.74) is 0.808. The third-order valence-corrected chi connectivity index (χ3v) is 4.57. The van der Waals surface area contributed by atoms with Crippen LogP contribution in [0.1, 0.15) is 5.56 Å². The lowest BCUT2D eigenvalue weighted by molar-refractivity contribution is -0.140. The van der Waals surface area contributed by atoms with Gasteiger partial charge in [0.05, 0.1) is 6.54 Å². The zero-order valence-electron chi connectivity index (χ0n) is 13.9. The van der Waals surface area contributed by atoms with Gasteiger partial charge in [-0.3, -0.25) is 4.79 Å². The molecule has 10 heteroatoms. The fraction of sp³-hybridized carbons (Fsp3) is 0.312. The molecule has 0 spiro atoms. The van der Waals surface area contributed by atoms with Crippen molar-refractivity contribution in [3.8, 4) is 5.75 Å². The molecule has 3 heterocycles. The highest BCUT2D eigenvalue weighted by Crippen LogP contribution is 2.29. The van der Waals surface area contributed by atoms with Gasteiger partial charge < -0.3 is 15.0 Å². The van der Waals surface area contributed by atoms with Gasteiger partial charge in [-0.15, -0.1) is 5.10 Å². The van der Waals surface area contributed by atoms with Crippen LogP contribution >= 0.6 is 11.6 Å². The van der Waals surface area contributed by atoms with Gasteiger partial charge in [0.25, 0.3) is 12.1 Å². The van der Waals surface area contributed by atoms with Crippen LogP contribution in [0.4, 0.5) is 4.48 Å². The Morgan fingerprint density at radius 2 is 2.12 bits per heavy atom. The van der Waals surface area contributed by atoms with E-state index in [9.17, 15) is 9.28 Å². The van der Waals surface area contributed by atoms with Crippen LogP contribution in [0.5, 0.6) is 5.75 Å². The molecule has 0 saturated carbocycles. The standard InChI is InChI=1S/C16H16ClFN6O2/c1-22-9-10-11(17)3-2-4-12(10)26-8-7-19-15(25)16-23-14(21-24(16)18)6-5-13(22)20-23/h2-6,16H,7-9H2,1H3,(H,19,25). The summed E-state index contributed by atoms with van der Waals surface area (Å²) in [4.78, 5) is 14.2. The van der Waals surface area contributed by atoms with E-state index in [1.807, 2.05) is 18.0 Å². The second kappa shape index (κ2) is 6.49. The number of carbonyl (C=O) groups is 1. The predicted molar refractivity (Wildman–Crippen MR) is 94.0 cm³/mol. The first-order chi connectivity index (χ1) is 12.5. The molecule has 2 bridgehead atoms. The Kier molecular flexibility index (Phi) is 4.15. The van der Waals surface area contributed by atoms with Crippen molar-refractivity contribution < 1.29 is 14.0 Å². The Hall–Kier alpha value is -2.81. The molecular formula is C16H16ClFN6O2. The third-order valence-electron chi connectivity index (χ3n) is 4.21. The fourth-order valence-electron chi connectivity index (χ4n) is 2.91. The molecule has 0 aliphatic carbocycles. The molecule has 0 radical (unpaired) electrons. The highest BCUT2D eigenvalue weighted by atomic mass is 35.5. The summed E-state index contributed by atoms with van der Waals surface area (Å²) in [6.45, 7) is 0.867. The van der Waals surface area contributed by atoms with Crippen molar-refractivity contribution in [1.29, 1.82) is 0 Å². The summed E-state index contributed by atoms with van der Waals surface area (Å²) >= 11 is 6.34. The summed E-state index contributed by atoms with van der Waals surface area (Å²) in [6.07, 6.45) is 2.04. The average molecular weight is 379 g/mol. The van der Waals surface area contributed by atoms with Crippen LogP contribution in [0.25, 0.3) is 0 Å². The maximum Gasteiger partial charge on any atom is 0.270 e. The number of nitrogens with zero attached hydrogens (tertiary/aromatic N) is 5. The molecule has 0 fully saturated rings. The number of rotatable bonds is 0. The zero-order chi connectivity index (χ0) is 18.3. The lowest BCUT2D eigenvalue weighted by Gasteiger charge is -2.27. The molecule has 1 aromatic carbocycles. The maximum absolute atomic E-state index is 14.1. The minimum Gasteiger partial charge on any atom is -0.491 e. The van der Waals surface area contributed by atoms with Crippen molar-refractivity contribution in [2.45, 2.75) is 12.7 Å². The van der Waals surface area contributed by atoms with E-state index in [1.165, 1.54) is 5.01 Å². The van der Waals surface area contributed by atoms with Gasteiger partial charge in [-0.2, -0.15) is 5.10 Å². The van der Waals surface area contributed by atoms with Crippen LogP contribution in [-0.2, 0) is 11.3 Å². The van der Waals surface area contributed by atoms with Crippen LogP contribution in [0.15, 0.2) is 40.6 Å². The molecule has 136 valence electrons. The van der Waals surface area contributed by atoms with Gasteiger partial charge in [-0.1, -0.05) is 27.4 Å². The van der Waals surface area contributed by atoms with Gasteiger partial charge in [0.1, 0.15) is 18.2 Å². The molecule has 0 aromatic heterocycles.